The van der Waals surface area contributed by atoms with Crippen LogP contribution in [0.2, 0.25) is 0 Å². The summed E-state index contributed by atoms with van der Waals surface area (Å²) in [4.78, 5) is 24.6. The molecule has 0 heterocycles. The van der Waals surface area contributed by atoms with E-state index >= 15 is 0 Å². The van der Waals surface area contributed by atoms with E-state index in [0.29, 0.717) is 13.1 Å². The number of hydrogen-bond acceptors (Lipinski definition) is 3. The lowest BCUT2D eigenvalue weighted by Crippen LogP contribution is -2.45. The Balaban J connectivity index is 4.06. The number of carbonyl (C=O) groups excluding carboxylic acids is 2. The predicted octanol–water partition coefficient (Wildman–Crippen LogP) is -0.0310. The first-order valence-corrected chi connectivity index (χ1v) is 5.79. The normalized spacial score (nSPS) is 10.3. The summed E-state index contributed by atoms with van der Waals surface area (Å²) in [6.45, 7) is 9.25. The van der Waals surface area contributed by atoms with Crippen molar-refractivity contribution in [2.75, 3.05) is 26.2 Å². The van der Waals surface area contributed by atoms with Crippen molar-refractivity contribution in [1.29, 1.82) is 0 Å². The fraction of sp³-hybridized carbons (Fsp3) is 0.818. The number of rotatable bonds is 7. The molecule has 0 saturated heterocycles. The molecule has 0 aromatic heterocycles. The molecule has 0 radical (unpaired) electrons. The third kappa shape index (κ3) is 6.40. The molecular formula is C11H23N3O2. The van der Waals surface area contributed by atoms with Gasteiger partial charge in [-0.15, -0.1) is 0 Å². The quantitative estimate of drug-likeness (QED) is 0.644. The van der Waals surface area contributed by atoms with Crippen molar-refractivity contribution in [3.8, 4) is 0 Å². The van der Waals surface area contributed by atoms with Crippen molar-refractivity contribution in [2.45, 2.75) is 33.7 Å². The lowest BCUT2D eigenvalue weighted by atomic mass is 10.3. The molecule has 0 unspecified atom stereocenters. The number of carbonyl (C=O) groups is 2. The Labute approximate surface area is 97.6 Å². The molecule has 5 heteroatoms. The third-order valence-electron chi connectivity index (χ3n) is 2.10. The lowest BCUT2D eigenvalue weighted by molar-refractivity contribution is -0.135. The Morgan fingerprint density at radius 2 is 1.88 bits per heavy atom. The fourth-order valence-corrected chi connectivity index (χ4v) is 1.21. The summed E-state index contributed by atoms with van der Waals surface area (Å²) < 4.78 is 0. The third-order valence-corrected chi connectivity index (χ3v) is 2.10. The standard InChI is InChI=1S/C11H23N3O2/c1-5-12-10(15)8-14(6-2)11(16)7-13-9(3)4/h9,13H,5-8H2,1-4H3,(H,12,15). The molecular weight excluding hydrogens is 206 g/mol. The predicted molar refractivity (Wildman–Crippen MR) is 64.1 cm³/mol. The maximum Gasteiger partial charge on any atom is 0.239 e. The maximum atomic E-state index is 11.7. The van der Waals surface area contributed by atoms with Gasteiger partial charge in [-0.3, -0.25) is 9.59 Å². The number of hydrogen-bond donors (Lipinski definition) is 2. The minimum Gasteiger partial charge on any atom is -0.355 e. The summed E-state index contributed by atoms with van der Waals surface area (Å²) in [6.07, 6.45) is 0. The van der Waals surface area contributed by atoms with Crippen molar-refractivity contribution >= 4 is 11.8 Å². The zero-order chi connectivity index (χ0) is 12.6. The van der Waals surface area contributed by atoms with Crippen LogP contribution in [0.25, 0.3) is 0 Å². The van der Waals surface area contributed by atoms with E-state index in [9.17, 15) is 9.59 Å². The second kappa shape index (κ2) is 8.10. The van der Waals surface area contributed by atoms with Crippen molar-refractivity contribution in [1.82, 2.24) is 15.5 Å². The molecule has 0 saturated carbocycles. The number of nitrogens with one attached hydrogen (secondary N) is 2. The van der Waals surface area contributed by atoms with Gasteiger partial charge in [-0.2, -0.15) is 0 Å². The fourth-order valence-electron chi connectivity index (χ4n) is 1.21. The van der Waals surface area contributed by atoms with Crippen LogP contribution in [0.4, 0.5) is 0 Å². The molecule has 0 atom stereocenters. The van der Waals surface area contributed by atoms with Crippen LogP contribution in [0.5, 0.6) is 0 Å². The van der Waals surface area contributed by atoms with Gasteiger partial charge in [-0.25, -0.2) is 0 Å². The first-order chi connectivity index (χ1) is 7.51. The van der Waals surface area contributed by atoms with Crippen LogP contribution in [-0.4, -0.2) is 48.9 Å². The Hall–Kier alpha value is -1.10. The van der Waals surface area contributed by atoms with E-state index < -0.39 is 0 Å². The van der Waals surface area contributed by atoms with Crippen LogP contribution >= 0.6 is 0 Å². The van der Waals surface area contributed by atoms with Gasteiger partial charge in [0.05, 0.1) is 13.1 Å². The molecule has 0 aromatic carbocycles. The molecule has 0 aliphatic carbocycles. The van der Waals surface area contributed by atoms with E-state index in [4.69, 9.17) is 0 Å². The smallest absolute Gasteiger partial charge is 0.239 e. The van der Waals surface area contributed by atoms with E-state index in [1.54, 1.807) is 4.90 Å². The van der Waals surface area contributed by atoms with E-state index in [2.05, 4.69) is 10.6 Å². The summed E-state index contributed by atoms with van der Waals surface area (Å²) in [5.74, 6) is -0.148. The molecule has 0 aromatic rings. The van der Waals surface area contributed by atoms with E-state index in [-0.39, 0.29) is 30.9 Å². The van der Waals surface area contributed by atoms with Gasteiger partial charge in [0.15, 0.2) is 0 Å². The summed E-state index contributed by atoms with van der Waals surface area (Å²) in [5, 5.41) is 5.72. The van der Waals surface area contributed by atoms with Crippen LogP contribution in [0.15, 0.2) is 0 Å². The summed E-state index contributed by atoms with van der Waals surface area (Å²) >= 11 is 0. The van der Waals surface area contributed by atoms with Gasteiger partial charge >= 0.3 is 0 Å². The second-order valence-corrected chi connectivity index (χ2v) is 3.90. The average molecular weight is 229 g/mol. The zero-order valence-electron chi connectivity index (χ0n) is 10.7. The lowest BCUT2D eigenvalue weighted by Gasteiger charge is -2.21. The van der Waals surface area contributed by atoms with Gasteiger partial charge in [-0.05, 0) is 13.8 Å². The molecule has 0 rings (SSSR count). The largest absolute Gasteiger partial charge is 0.355 e. The molecule has 0 spiro atoms. The monoisotopic (exact) mass is 229 g/mol. The molecule has 0 bridgehead atoms. The molecule has 0 aliphatic heterocycles. The molecule has 94 valence electrons. The van der Waals surface area contributed by atoms with Gasteiger partial charge in [0, 0.05) is 19.1 Å². The molecule has 16 heavy (non-hydrogen) atoms. The Bertz CT molecular complexity index is 229. The van der Waals surface area contributed by atoms with Crippen molar-refractivity contribution < 1.29 is 9.59 Å². The molecule has 0 fully saturated rings. The van der Waals surface area contributed by atoms with Crippen LogP contribution in [0.1, 0.15) is 27.7 Å². The summed E-state index contributed by atoms with van der Waals surface area (Å²) in [7, 11) is 0. The first-order valence-electron chi connectivity index (χ1n) is 5.79. The van der Waals surface area contributed by atoms with Gasteiger partial charge in [-0.1, -0.05) is 13.8 Å². The SMILES string of the molecule is CCNC(=O)CN(CC)C(=O)CNC(C)C. The summed E-state index contributed by atoms with van der Waals surface area (Å²) in [5.41, 5.74) is 0. The van der Waals surface area contributed by atoms with Gasteiger partial charge in [0.25, 0.3) is 0 Å². The highest BCUT2D eigenvalue weighted by Gasteiger charge is 2.14. The van der Waals surface area contributed by atoms with Gasteiger partial charge < -0.3 is 15.5 Å². The Morgan fingerprint density at radius 3 is 2.31 bits per heavy atom. The van der Waals surface area contributed by atoms with Crippen molar-refractivity contribution in [3.05, 3.63) is 0 Å². The molecule has 0 aliphatic rings. The topological polar surface area (TPSA) is 61.4 Å². The highest BCUT2D eigenvalue weighted by atomic mass is 16.2. The van der Waals surface area contributed by atoms with E-state index in [0.717, 1.165) is 0 Å². The Kier molecular flexibility index (Phi) is 7.54. The number of likely N-dealkylation sites (N-methyl/N-ethyl adjacent to an activating group) is 2. The first kappa shape index (κ1) is 14.9. The highest BCUT2D eigenvalue weighted by molar-refractivity contribution is 5.85. The van der Waals surface area contributed by atoms with E-state index in [1.165, 1.54) is 0 Å². The minimum absolute atomic E-state index is 0.0394. The minimum atomic E-state index is -0.109. The van der Waals surface area contributed by atoms with Gasteiger partial charge in [0.2, 0.25) is 11.8 Å². The van der Waals surface area contributed by atoms with Crippen LogP contribution in [0.3, 0.4) is 0 Å². The maximum absolute atomic E-state index is 11.7. The van der Waals surface area contributed by atoms with Crippen LogP contribution in [0, 0.1) is 0 Å². The zero-order valence-corrected chi connectivity index (χ0v) is 10.7. The van der Waals surface area contributed by atoms with Crippen LogP contribution in [-0.2, 0) is 9.59 Å². The molecule has 2 N–H and O–H groups in total. The van der Waals surface area contributed by atoms with Gasteiger partial charge in [0.1, 0.15) is 0 Å². The van der Waals surface area contributed by atoms with E-state index in [1.807, 2.05) is 27.7 Å². The Morgan fingerprint density at radius 1 is 1.25 bits per heavy atom. The number of nitrogens with zero attached hydrogens (tertiary/aromatic N) is 1. The highest BCUT2D eigenvalue weighted by Crippen LogP contribution is 1.89. The molecule has 2 amide bonds. The summed E-state index contributed by atoms with van der Waals surface area (Å²) in [6, 6.07) is 0.270. The van der Waals surface area contributed by atoms with Crippen molar-refractivity contribution in [2.24, 2.45) is 0 Å². The second-order valence-electron chi connectivity index (χ2n) is 3.90. The number of amides is 2. The van der Waals surface area contributed by atoms with Crippen LogP contribution < -0.4 is 10.6 Å². The van der Waals surface area contributed by atoms with Crippen molar-refractivity contribution in [3.63, 3.8) is 0 Å². The average Bonchev–Trinajstić information content (AvgIpc) is 2.22. The molecule has 5 nitrogen and oxygen atoms in total.